The number of ether oxygens (including phenoxy) is 3. The molecule has 2 aromatic carbocycles. The maximum Gasteiger partial charge on any atom is 0.307 e. The maximum absolute atomic E-state index is 13.2. The summed E-state index contributed by atoms with van der Waals surface area (Å²) in [4.78, 5) is 11.6. The molecule has 9 heteroatoms. The Balaban J connectivity index is 2.43. The zero-order valence-corrected chi connectivity index (χ0v) is 15.9. The second-order valence-electron chi connectivity index (χ2n) is 5.52. The summed E-state index contributed by atoms with van der Waals surface area (Å²) >= 11 is 0. The van der Waals surface area contributed by atoms with Gasteiger partial charge in [-0.25, -0.2) is 17.5 Å². The van der Waals surface area contributed by atoms with Gasteiger partial charge in [0.05, 0.1) is 33.8 Å². The Morgan fingerprint density at radius 2 is 1.74 bits per heavy atom. The summed E-state index contributed by atoms with van der Waals surface area (Å²) in [5, 5.41) is 0. The smallest absolute Gasteiger partial charge is 0.307 e. The van der Waals surface area contributed by atoms with Crippen LogP contribution in [0.1, 0.15) is 18.0 Å². The van der Waals surface area contributed by atoms with E-state index in [1.54, 1.807) is 6.07 Å². The highest BCUT2D eigenvalue weighted by atomic mass is 32.2. The van der Waals surface area contributed by atoms with E-state index in [2.05, 4.69) is 9.46 Å². The van der Waals surface area contributed by atoms with E-state index < -0.39 is 27.9 Å². The lowest BCUT2D eigenvalue weighted by Gasteiger charge is -2.19. The largest absolute Gasteiger partial charge is 0.497 e. The molecule has 0 aliphatic carbocycles. The van der Waals surface area contributed by atoms with Crippen LogP contribution in [0.4, 0.5) is 4.39 Å². The van der Waals surface area contributed by atoms with Gasteiger partial charge in [0.15, 0.2) is 0 Å². The lowest BCUT2D eigenvalue weighted by atomic mass is 10.1. The number of hydrogen-bond donors (Lipinski definition) is 1. The van der Waals surface area contributed by atoms with Crippen molar-refractivity contribution in [2.45, 2.75) is 17.4 Å². The minimum atomic E-state index is -4.10. The third kappa shape index (κ3) is 5.18. The molecule has 1 N–H and O–H groups in total. The molecular weight excluding hydrogens is 377 g/mol. The third-order valence-corrected chi connectivity index (χ3v) is 5.32. The Bertz CT molecular complexity index is 899. The molecule has 146 valence electrons. The zero-order valence-electron chi connectivity index (χ0n) is 15.1. The highest BCUT2D eigenvalue weighted by Crippen LogP contribution is 2.30. The molecule has 0 saturated carbocycles. The number of esters is 1. The van der Waals surface area contributed by atoms with Crippen molar-refractivity contribution in [3.8, 4) is 11.5 Å². The molecule has 0 aliphatic rings. The lowest BCUT2D eigenvalue weighted by molar-refractivity contribution is -0.141. The van der Waals surface area contributed by atoms with Gasteiger partial charge in [0.25, 0.3) is 0 Å². The van der Waals surface area contributed by atoms with E-state index in [1.165, 1.54) is 57.7 Å². The predicted octanol–water partition coefficient (Wildman–Crippen LogP) is 2.43. The predicted molar refractivity (Wildman–Crippen MR) is 95.6 cm³/mol. The van der Waals surface area contributed by atoms with Gasteiger partial charge in [0, 0.05) is 6.07 Å². The first-order valence-electron chi connectivity index (χ1n) is 7.87. The van der Waals surface area contributed by atoms with Crippen LogP contribution in [0.3, 0.4) is 0 Å². The molecular formula is C18H20FNO6S. The molecule has 0 aliphatic heterocycles. The van der Waals surface area contributed by atoms with E-state index in [0.29, 0.717) is 11.3 Å². The summed E-state index contributed by atoms with van der Waals surface area (Å²) in [6.07, 6.45) is -0.270. The molecule has 0 spiro atoms. The van der Waals surface area contributed by atoms with Gasteiger partial charge in [-0.2, -0.15) is 0 Å². The molecule has 0 amide bonds. The molecule has 0 fully saturated rings. The molecule has 0 bridgehead atoms. The molecule has 2 aromatic rings. The van der Waals surface area contributed by atoms with Crippen LogP contribution in [0.5, 0.6) is 11.5 Å². The van der Waals surface area contributed by atoms with Gasteiger partial charge in [-0.3, -0.25) is 4.79 Å². The van der Waals surface area contributed by atoms with Crippen molar-refractivity contribution in [2.75, 3.05) is 21.3 Å². The standard InChI is InChI=1S/C18H20FNO6S/c1-24-14-8-9-16(25-2)17(10-14)27(22,23)20-15(11-18(21)26-3)12-4-6-13(19)7-5-12/h4-10,15,20H,11H2,1-3H3. The molecule has 2 rings (SSSR count). The zero-order chi connectivity index (χ0) is 20.0. The van der Waals surface area contributed by atoms with Gasteiger partial charge in [-0.05, 0) is 29.8 Å². The van der Waals surface area contributed by atoms with Crippen LogP contribution in [-0.2, 0) is 19.6 Å². The monoisotopic (exact) mass is 397 g/mol. The molecule has 0 aromatic heterocycles. The van der Waals surface area contributed by atoms with Gasteiger partial charge in [-0.15, -0.1) is 0 Å². The van der Waals surface area contributed by atoms with Crippen LogP contribution in [0, 0.1) is 5.82 Å². The van der Waals surface area contributed by atoms with Gasteiger partial charge in [-0.1, -0.05) is 12.1 Å². The number of rotatable bonds is 8. The van der Waals surface area contributed by atoms with E-state index in [-0.39, 0.29) is 17.1 Å². The SMILES string of the molecule is COC(=O)CC(NS(=O)(=O)c1cc(OC)ccc1OC)c1ccc(F)cc1. The number of carbonyl (C=O) groups is 1. The molecule has 1 unspecified atom stereocenters. The van der Waals surface area contributed by atoms with Crippen LogP contribution < -0.4 is 14.2 Å². The Labute approximate surface area is 157 Å². The quantitative estimate of drug-likeness (QED) is 0.688. The number of methoxy groups -OCH3 is 3. The van der Waals surface area contributed by atoms with Gasteiger partial charge in [0.2, 0.25) is 10.0 Å². The summed E-state index contributed by atoms with van der Waals surface area (Å²) in [7, 11) is -0.158. The van der Waals surface area contributed by atoms with Crippen molar-refractivity contribution in [2.24, 2.45) is 0 Å². The van der Waals surface area contributed by atoms with Crippen LogP contribution in [-0.4, -0.2) is 35.7 Å². The fraction of sp³-hybridized carbons (Fsp3) is 0.278. The van der Waals surface area contributed by atoms with E-state index in [1.807, 2.05) is 0 Å². The van der Waals surface area contributed by atoms with Crippen molar-refractivity contribution in [1.29, 1.82) is 0 Å². The average Bonchev–Trinajstić information content (AvgIpc) is 2.67. The lowest BCUT2D eigenvalue weighted by Crippen LogP contribution is -2.31. The highest BCUT2D eigenvalue weighted by Gasteiger charge is 2.27. The summed E-state index contributed by atoms with van der Waals surface area (Å²) in [5.41, 5.74) is 0.409. The molecule has 0 saturated heterocycles. The van der Waals surface area contributed by atoms with Crippen LogP contribution in [0.25, 0.3) is 0 Å². The minimum absolute atomic E-state index is 0.110. The van der Waals surface area contributed by atoms with E-state index >= 15 is 0 Å². The van der Waals surface area contributed by atoms with Gasteiger partial charge >= 0.3 is 5.97 Å². The Hall–Kier alpha value is -2.65. The topological polar surface area (TPSA) is 90.9 Å². The van der Waals surface area contributed by atoms with E-state index in [9.17, 15) is 17.6 Å². The number of sulfonamides is 1. The van der Waals surface area contributed by atoms with Crippen LogP contribution in [0.2, 0.25) is 0 Å². The second-order valence-corrected chi connectivity index (χ2v) is 7.20. The van der Waals surface area contributed by atoms with E-state index in [4.69, 9.17) is 9.47 Å². The summed E-state index contributed by atoms with van der Waals surface area (Å²) in [6.45, 7) is 0. The number of halogens is 1. The van der Waals surface area contributed by atoms with Crippen LogP contribution >= 0.6 is 0 Å². The summed E-state index contributed by atoms with van der Waals surface area (Å²) < 4.78 is 56.3. The number of nitrogens with one attached hydrogen (secondary N) is 1. The fourth-order valence-corrected chi connectivity index (χ4v) is 3.83. The molecule has 1 atom stereocenters. The normalized spacial score (nSPS) is 12.3. The molecule has 0 heterocycles. The van der Waals surface area contributed by atoms with Crippen molar-refractivity contribution in [3.63, 3.8) is 0 Å². The number of hydrogen-bond acceptors (Lipinski definition) is 6. The average molecular weight is 397 g/mol. The van der Waals surface area contributed by atoms with E-state index in [0.717, 1.165) is 0 Å². The Morgan fingerprint density at radius 1 is 1.07 bits per heavy atom. The summed E-state index contributed by atoms with van der Waals surface area (Å²) in [6, 6.07) is 8.52. The minimum Gasteiger partial charge on any atom is -0.497 e. The molecule has 0 radical (unpaired) electrons. The first kappa shape index (κ1) is 20.7. The van der Waals surface area contributed by atoms with Crippen molar-refractivity contribution < 1.29 is 31.8 Å². The molecule has 27 heavy (non-hydrogen) atoms. The number of carbonyl (C=O) groups excluding carboxylic acids is 1. The van der Waals surface area contributed by atoms with Crippen molar-refractivity contribution >= 4 is 16.0 Å². The van der Waals surface area contributed by atoms with Gasteiger partial charge < -0.3 is 14.2 Å². The second kappa shape index (κ2) is 8.83. The first-order valence-corrected chi connectivity index (χ1v) is 9.35. The summed E-state index contributed by atoms with van der Waals surface area (Å²) in [5.74, 6) is -0.667. The Morgan fingerprint density at radius 3 is 2.30 bits per heavy atom. The number of benzene rings is 2. The Kier molecular flexibility index (Phi) is 6.75. The van der Waals surface area contributed by atoms with Crippen molar-refractivity contribution in [1.82, 2.24) is 4.72 Å². The van der Waals surface area contributed by atoms with Gasteiger partial charge in [0.1, 0.15) is 22.2 Å². The van der Waals surface area contributed by atoms with Crippen LogP contribution in [0.15, 0.2) is 47.4 Å². The van der Waals surface area contributed by atoms with Crippen molar-refractivity contribution in [3.05, 3.63) is 53.8 Å². The first-order chi connectivity index (χ1) is 12.8. The fourth-order valence-electron chi connectivity index (χ4n) is 2.42. The molecule has 7 nitrogen and oxygen atoms in total. The third-order valence-electron chi connectivity index (χ3n) is 3.83. The highest BCUT2D eigenvalue weighted by molar-refractivity contribution is 7.89. The maximum atomic E-state index is 13.2.